The summed E-state index contributed by atoms with van der Waals surface area (Å²) in [6.45, 7) is 0.587. The van der Waals surface area contributed by atoms with Gasteiger partial charge >= 0.3 is 0 Å². The molecule has 1 aliphatic carbocycles. The van der Waals surface area contributed by atoms with E-state index in [-0.39, 0.29) is 5.41 Å². The van der Waals surface area contributed by atoms with E-state index in [2.05, 4.69) is 16.4 Å². The maximum Gasteiger partial charge on any atom is 0.193 e. The molecule has 0 unspecified atom stereocenters. The number of ether oxygens (including phenoxy) is 1. The van der Waals surface area contributed by atoms with Gasteiger partial charge in [0, 0.05) is 24.1 Å². The van der Waals surface area contributed by atoms with Crippen molar-refractivity contribution in [3.05, 3.63) is 23.2 Å². The van der Waals surface area contributed by atoms with E-state index in [1.54, 1.807) is 19.2 Å². The first-order valence-electron chi connectivity index (χ1n) is 6.36. The van der Waals surface area contributed by atoms with Crippen LogP contribution in [0.5, 0.6) is 5.75 Å². The Kier molecular flexibility index (Phi) is 4.35. The first kappa shape index (κ1) is 14.5. The van der Waals surface area contributed by atoms with Crippen LogP contribution >= 0.6 is 11.6 Å². The molecular weight excluding hydrogens is 276 g/mol. The lowest BCUT2D eigenvalue weighted by molar-refractivity contribution is 0.415. The van der Waals surface area contributed by atoms with Crippen molar-refractivity contribution >= 4 is 23.2 Å². The molecule has 1 saturated carbocycles. The summed E-state index contributed by atoms with van der Waals surface area (Å²) < 4.78 is 5.08. The Morgan fingerprint density at radius 2 is 2.35 bits per heavy atom. The number of nitrogens with one attached hydrogen (secondary N) is 1. The minimum Gasteiger partial charge on any atom is -0.495 e. The van der Waals surface area contributed by atoms with Crippen molar-refractivity contribution in [3.63, 3.8) is 0 Å². The molecule has 6 heteroatoms. The minimum absolute atomic E-state index is 0.0542. The standard InChI is InChI=1S/C14H17ClN4O/c1-20-12-3-2-10(8-11(12)15)19-13(17)18-9-14(4-5-14)6-7-16/h2-3,8H,4-6,9H2,1H3,(H3,17,18,19). The van der Waals surface area contributed by atoms with E-state index in [9.17, 15) is 0 Å². The van der Waals surface area contributed by atoms with Crippen LogP contribution in [0.3, 0.4) is 0 Å². The lowest BCUT2D eigenvalue weighted by atomic mass is 10.0. The van der Waals surface area contributed by atoms with Crippen LogP contribution in [0, 0.1) is 16.7 Å². The molecule has 0 amide bonds. The van der Waals surface area contributed by atoms with Crippen molar-refractivity contribution in [1.29, 1.82) is 5.26 Å². The van der Waals surface area contributed by atoms with Gasteiger partial charge in [-0.15, -0.1) is 0 Å². The second kappa shape index (κ2) is 6.02. The first-order chi connectivity index (χ1) is 9.58. The van der Waals surface area contributed by atoms with Crippen LogP contribution in [0.15, 0.2) is 23.2 Å². The number of benzene rings is 1. The Labute approximate surface area is 123 Å². The third-order valence-corrected chi connectivity index (χ3v) is 3.72. The summed E-state index contributed by atoms with van der Waals surface area (Å²) in [6, 6.07) is 7.50. The lowest BCUT2D eigenvalue weighted by Gasteiger charge is -2.10. The molecule has 0 aromatic heterocycles. The summed E-state index contributed by atoms with van der Waals surface area (Å²) in [4.78, 5) is 4.30. The van der Waals surface area contributed by atoms with Gasteiger partial charge < -0.3 is 15.8 Å². The summed E-state index contributed by atoms with van der Waals surface area (Å²) >= 11 is 6.03. The molecule has 106 valence electrons. The molecule has 0 atom stereocenters. The fourth-order valence-electron chi connectivity index (χ4n) is 1.92. The van der Waals surface area contributed by atoms with Gasteiger partial charge in [0.15, 0.2) is 5.96 Å². The van der Waals surface area contributed by atoms with E-state index in [4.69, 9.17) is 27.3 Å². The highest BCUT2D eigenvalue weighted by Crippen LogP contribution is 2.48. The van der Waals surface area contributed by atoms with Crippen molar-refractivity contribution < 1.29 is 4.74 Å². The second-order valence-corrected chi connectivity index (χ2v) is 5.42. The van der Waals surface area contributed by atoms with Crippen LogP contribution in [-0.4, -0.2) is 19.6 Å². The highest BCUT2D eigenvalue weighted by Gasteiger charge is 2.42. The molecule has 3 N–H and O–H groups in total. The molecule has 0 spiro atoms. The third-order valence-electron chi connectivity index (χ3n) is 3.42. The van der Waals surface area contributed by atoms with Crippen LogP contribution in [0.4, 0.5) is 5.69 Å². The van der Waals surface area contributed by atoms with Crippen molar-refractivity contribution in [1.82, 2.24) is 0 Å². The van der Waals surface area contributed by atoms with E-state index in [1.165, 1.54) is 0 Å². The van der Waals surface area contributed by atoms with Gasteiger partial charge in [0.25, 0.3) is 0 Å². The van der Waals surface area contributed by atoms with Crippen molar-refractivity contribution in [3.8, 4) is 11.8 Å². The van der Waals surface area contributed by atoms with Crippen molar-refractivity contribution in [2.45, 2.75) is 19.3 Å². The molecule has 0 heterocycles. The molecule has 0 saturated heterocycles. The molecular formula is C14H17ClN4O. The fraction of sp³-hybridized carbons (Fsp3) is 0.429. The number of nitrogens with two attached hydrogens (primary N) is 1. The van der Waals surface area contributed by atoms with Gasteiger partial charge in [-0.2, -0.15) is 5.26 Å². The smallest absolute Gasteiger partial charge is 0.193 e. The Hall–Kier alpha value is -1.93. The number of hydrogen-bond acceptors (Lipinski definition) is 3. The number of halogens is 1. The molecule has 0 radical (unpaired) electrons. The second-order valence-electron chi connectivity index (χ2n) is 5.01. The zero-order valence-corrected chi connectivity index (χ0v) is 12.1. The zero-order valence-electron chi connectivity index (χ0n) is 11.3. The van der Waals surface area contributed by atoms with Crippen LogP contribution in [0.25, 0.3) is 0 Å². The summed E-state index contributed by atoms with van der Waals surface area (Å²) in [5.41, 5.74) is 6.65. The number of nitrogens with zero attached hydrogens (tertiary/aromatic N) is 2. The predicted octanol–water partition coefficient (Wildman–Crippen LogP) is 2.77. The molecule has 5 nitrogen and oxygen atoms in total. The summed E-state index contributed by atoms with van der Waals surface area (Å²) in [5.74, 6) is 0.939. The minimum atomic E-state index is 0.0542. The number of aliphatic imine (C=N–C) groups is 1. The number of rotatable bonds is 5. The molecule has 1 fully saturated rings. The Bertz CT molecular complexity index is 561. The maximum atomic E-state index is 8.75. The number of anilines is 1. The molecule has 0 aliphatic heterocycles. The van der Waals surface area contributed by atoms with Gasteiger partial charge in [-0.05, 0) is 31.0 Å². The van der Waals surface area contributed by atoms with Gasteiger partial charge in [0.05, 0.1) is 18.2 Å². The molecule has 1 aromatic carbocycles. The number of nitriles is 1. The molecule has 0 bridgehead atoms. The molecule has 1 aliphatic rings. The highest BCUT2D eigenvalue weighted by atomic mass is 35.5. The number of methoxy groups -OCH3 is 1. The normalized spacial score (nSPS) is 16.4. The van der Waals surface area contributed by atoms with Crippen LogP contribution in [0.2, 0.25) is 5.02 Å². The van der Waals surface area contributed by atoms with E-state index in [0.717, 1.165) is 18.5 Å². The Morgan fingerprint density at radius 1 is 1.60 bits per heavy atom. The van der Waals surface area contributed by atoms with E-state index in [1.807, 2.05) is 6.07 Å². The summed E-state index contributed by atoms with van der Waals surface area (Å²) in [7, 11) is 1.56. The van der Waals surface area contributed by atoms with E-state index in [0.29, 0.717) is 29.7 Å². The van der Waals surface area contributed by atoms with Gasteiger partial charge in [-0.25, -0.2) is 0 Å². The van der Waals surface area contributed by atoms with Gasteiger partial charge in [-0.3, -0.25) is 4.99 Å². The topological polar surface area (TPSA) is 83.4 Å². The van der Waals surface area contributed by atoms with E-state index >= 15 is 0 Å². The summed E-state index contributed by atoms with van der Waals surface area (Å²) in [6.07, 6.45) is 2.63. The quantitative estimate of drug-likeness (QED) is 0.645. The molecule has 2 rings (SSSR count). The highest BCUT2D eigenvalue weighted by molar-refractivity contribution is 6.32. The van der Waals surface area contributed by atoms with Gasteiger partial charge in [0.2, 0.25) is 0 Å². The monoisotopic (exact) mass is 292 g/mol. The van der Waals surface area contributed by atoms with Gasteiger partial charge in [-0.1, -0.05) is 11.6 Å². The maximum absolute atomic E-state index is 8.75. The van der Waals surface area contributed by atoms with E-state index < -0.39 is 0 Å². The predicted molar refractivity (Wildman–Crippen MR) is 80.0 cm³/mol. The summed E-state index contributed by atoms with van der Waals surface area (Å²) in [5, 5.41) is 12.2. The SMILES string of the molecule is COc1ccc(NC(N)=NCC2(CC#N)CC2)cc1Cl. The Balaban J connectivity index is 1.96. The molecule has 1 aromatic rings. The number of guanidine groups is 1. The van der Waals surface area contributed by atoms with Crippen LogP contribution < -0.4 is 15.8 Å². The largest absolute Gasteiger partial charge is 0.495 e. The fourth-order valence-corrected chi connectivity index (χ4v) is 2.18. The van der Waals surface area contributed by atoms with Crippen LogP contribution in [0.1, 0.15) is 19.3 Å². The lowest BCUT2D eigenvalue weighted by Crippen LogP contribution is -2.24. The van der Waals surface area contributed by atoms with Crippen LogP contribution in [-0.2, 0) is 0 Å². The Morgan fingerprint density at radius 3 is 2.90 bits per heavy atom. The first-order valence-corrected chi connectivity index (χ1v) is 6.74. The van der Waals surface area contributed by atoms with Gasteiger partial charge in [0.1, 0.15) is 5.75 Å². The average Bonchev–Trinajstić information content (AvgIpc) is 3.18. The van der Waals surface area contributed by atoms with Crippen molar-refractivity contribution in [2.24, 2.45) is 16.1 Å². The average molecular weight is 293 g/mol. The number of hydrogen-bond donors (Lipinski definition) is 2. The van der Waals surface area contributed by atoms with Crippen molar-refractivity contribution in [2.75, 3.05) is 19.0 Å². The zero-order chi connectivity index (χ0) is 14.6. The molecule has 20 heavy (non-hydrogen) atoms. The third kappa shape index (κ3) is 3.55.